The number of nitrogens with zero attached hydrogens (tertiary/aromatic N) is 1. The fourth-order valence-corrected chi connectivity index (χ4v) is 3.41. The predicted molar refractivity (Wildman–Crippen MR) is 93.0 cm³/mol. The van der Waals surface area contributed by atoms with Crippen molar-refractivity contribution in [2.24, 2.45) is 0 Å². The highest BCUT2D eigenvalue weighted by molar-refractivity contribution is 9.11. The van der Waals surface area contributed by atoms with Gasteiger partial charge in [-0.05, 0) is 62.0 Å². The molecule has 0 amide bonds. The SMILES string of the molecule is COC(=O)c1ccc(CCn2c(C=O)c(Br)cc(Br)c2=O)cc1. The van der Waals surface area contributed by atoms with E-state index >= 15 is 0 Å². The molecule has 23 heavy (non-hydrogen) atoms. The molecule has 0 bridgehead atoms. The molecule has 0 aliphatic heterocycles. The Labute approximate surface area is 149 Å². The zero-order chi connectivity index (χ0) is 17.0. The van der Waals surface area contributed by atoms with Crippen LogP contribution in [0, 0.1) is 0 Å². The number of rotatable bonds is 5. The van der Waals surface area contributed by atoms with Crippen LogP contribution in [0.25, 0.3) is 0 Å². The highest BCUT2D eigenvalue weighted by Crippen LogP contribution is 2.18. The van der Waals surface area contributed by atoms with Crippen LogP contribution in [0.4, 0.5) is 0 Å². The molecule has 120 valence electrons. The number of pyridine rings is 1. The molecule has 0 fully saturated rings. The molecule has 1 aromatic heterocycles. The lowest BCUT2D eigenvalue weighted by atomic mass is 10.1. The number of methoxy groups -OCH3 is 1. The number of carbonyl (C=O) groups excluding carboxylic acids is 2. The lowest BCUT2D eigenvalue weighted by Crippen LogP contribution is -2.25. The molecule has 0 aliphatic rings. The van der Waals surface area contributed by atoms with Gasteiger partial charge in [-0.3, -0.25) is 9.59 Å². The number of halogens is 2. The van der Waals surface area contributed by atoms with Gasteiger partial charge in [0, 0.05) is 11.0 Å². The highest BCUT2D eigenvalue weighted by atomic mass is 79.9. The van der Waals surface area contributed by atoms with Crippen LogP contribution in [0.2, 0.25) is 0 Å². The molecule has 0 spiro atoms. The van der Waals surface area contributed by atoms with Crippen LogP contribution < -0.4 is 5.56 Å². The molecule has 0 atom stereocenters. The van der Waals surface area contributed by atoms with E-state index in [9.17, 15) is 14.4 Å². The lowest BCUT2D eigenvalue weighted by molar-refractivity contribution is 0.0600. The molecule has 0 aliphatic carbocycles. The molecule has 1 aromatic carbocycles. The van der Waals surface area contributed by atoms with Gasteiger partial charge >= 0.3 is 5.97 Å². The number of aromatic nitrogens is 1. The van der Waals surface area contributed by atoms with Crippen LogP contribution in [0.1, 0.15) is 26.4 Å². The third kappa shape index (κ3) is 3.97. The maximum absolute atomic E-state index is 12.2. The molecule has 2 aromatic rings. The van der Waals surface area contributed by atoms with E-state index < -0.39 is 5.97 Å². The second-order valence-corrected chi connectivity index (χ2v) is 6.45. The molecule has 2 rings (SSSR count). The Balaban J connectivity index is 2.23. The van der Waals surface area contributed by atoms with E-state index in [0.717, 1.165) is 5.56 Å². The van der Waals surface area contributed by atoms with E-state index in [0.29, 0.717) is 39.5 Å². The number of benzene rings is 1. The van der Waals surface area contributed by atoms with E-state index in [2.05, 4.69) is 36.6 Å². The van der Waals surface area contributed by atoms with Gasteiger partial charge in [-0.15, -0.1) is 0 Å². The zero-order valence-electron chi connectivity index (χ0n) is 12.2. The Morgan fingerprint density at radius 1 is 1.22 bits per heavy atom. The van der Waals surface area contributed by atoms with Gasteiger partial charge in [-0.2, -0.15) is 0 Å². The number of hydrogen-bond donors (Lipinski definition) is 0. The molecule has 0 saturated heterocycles. The highest BCUT2D eigenvalue weighted by Gasteiger charge is 2.12. The average molecular weight is 443 g/mol. The number of hydrogen-bond acceptors (Lipinski definition) is 4. The van der Waals surface area contributed by atoms with Gasteiger partial charge in [0.15, 0.2) is 6.29 Å². The zero-order valence-corrected chi connectivity index (χ0v) is 15.4. The van der Waals surface area contributed by atoms with E-state index in [1.807, 2.05) is 0 Å². The first-order valence-corrected chi connectivity index (χ1v) is 8.27. The van der Waals surface area contributed by atoms with Gasteiger partial charge in [-0.1, -0.05) is 12.1 Å². The van der Waals surface area contributed by atoms with Crippen molar-refractivity contribution >= 4 is 44.1 Å². The van der Waals surface area contributed by atoms with Crippen LogP contribution in [0.3, 0.4) is 0 Å². The van der Waals surface area contributed by atoms with E-state index in [-0.39, 0.29) is 5.56 Å². The Morgan fingerprint density at radius 3 is 2.43 bits per heavy atom. The summed E-state index contributed by atoms with van der Waals surface area (Å²) in [7, 11) is 1.33. The van der Waals surface area contributed by atoms with Crippen LogP contribution in [-0.2, 0) is 17.7 Å². The van der Waals surface area contributed by atoms with Crippen molar-refractivity contribution in [2.45, 2.75) is 13.0 Å². The summed E-state index contributed by atoms with van der Waals surface area (Å²) in [5.74, 6) is -0.396. The van der Waals surface area contributed by atoms with Crippen molar-refractivity contribution < 1.29 is 14.3 Å². The maximum atomic E-state index is 12.2. The summed E-state index contributed by atoms with van der Waals surface area (Å²) in [5.41, 5.74) is 1.44. The van der Waals surface area contributed by atoms with Gasteiger partial charge in [0.05, 0.1) is 22.8 Å². The van der Waals surface area contributed by atoms with Crippen LogP contribution in [0.5, 0.6) is 0 Å². The Kier molecular flexibility index (Phi) is 5.90. The minimum atomic E-state index is -0.396. The molecule has 0 unspecified atom stereocenters. The average Bonchev–Trinajstić information content (AvgIpc) is 2.56. The van der Waals surface area contributed by atoms with Crippen molar-refractivity contribution in [3.8, 4) is 0 Å². The van der Waals surface area contributed by atoms with Crippen molar-refractivity contribution in [2.75, 3.05) is 7.11 Å². The minimum Gasteiger partial charge on any atom is -0.465 e. The first kappa shape index (κ1) is 17.6. The minimum absolute atomic E-state index is 0.263. The monoisotopic (exact) mass is 441 g/mol. The number of ether oxygens (including phenoxy) is 1. The molecular weight excluding hydrogens is 430 g/mol. The van der Waals surface area contributed by atoms with Gasteiger partial charge in [0.25, 0.3) is 5.56 Å². The topological polar surface area (TPSA) is 65.4 Å². The molecule has 5 nitrogen and oxygen atoms in total. The molecule has 0 radical (unpaired) electrons. The number of esters is 1. The number of aldehydes is 1. The summed E-state index contributed by atoms with van der Waals surface area (Å²) in [6.07, 6.45) is 1.20. The van der Waals surface area contributed by atoms with E-state index in [1.165, 1.54) is 11.7 Å². The van der Waals surface area contributed by atoms with Crippen LogP contribution in [-0.4, -0.2) is 23.9 Å². The standard InChI is InChI=1S/C16H13Br2NO4/c1-23-16(22)11-4-2-10(3-5-11)6-7-19-14(9-20)12(17)8-13(18)15(19)21/h2-5,8-9H,6-7H2,1H3. The largest absolute Gasteiger partial charge is 0.465 e. The predicted octanol–water partition coefficient (Wildman–Crippen LogP) is 3.22. The van der Waals surface area contributed by atoms with E-state index in [1.54, 1.807) is 30.3 Å². The maximum Gasteiger partial charge on any atom is 0.337 e. The van der Waals surface area contributed by atoms with Crippen molar-refractivity contribution in [1.29, 1.82) is 0 Å². The molecular formula is C16H13Br2NO4. The molecule has 1 heterocycles. The second-order valence-electron chi connectivity index (χ2n) is 4.74. The summed E-state index contributed by atoms with van der Waals surface area (Å²) in [6, 6.07) is 8.49. The van der Waals surface area contributed by atoms with Gasteiger partial charge in [0.1, 0.15) is 0 Å². The third-order valence-electron chi connectivity index (χ3n) is 3.35. The summed E-state index contributed by atoms with van der Waals surface area (Å²) in [5, 5.41) is 0. The van der Waals surface area contributed by atoms with Crippen molar-refractivity contribution in [3.63, 3.8) is 0 Å². The third-order valence-corrected chi connectivity index (χ3v) is 4.55. The quantitative estimate of drug-likeness (QED) is 0.526. The Bertz CT molecular complexity index is 797. The summed E-state index contributed by atoms with van der Waals surface area (Å²) < 4.78 is 7.00. The second kappa shape index (κ2) is 7.70. The van der Waals surface area contributed by atoms with Crippen molar-refractivity contribution in [3.05, 3.63) is 66.5 Å². The normalized spacial score (nSPS) is 10.4. The molecule has 0 saturated carbocycles. The smallest absolute Gasteiger partial charge is 0.337 e. The van der Waals surface area contributed by atoms with Gasteiger partial charge in [-0.25, -0.2) is 4.79 Å². The summed E-state index contributed by atoms with van der Waals surface area (Å²) >= 11 is 6.47. The van der Waals surface area contributed by atoms with Gasteiger partial charge < -0.3 is 9.30 Å². The van der Waals surface area contributed by atoms with E-state index in [4.69, 9.17) is 0 Å². The summed E-state index contributed by atoms with van der Waals surface area (Å²) in [4.78, 5) is 34.8. The van der Waals surface area contributed by atoms with Crippen molar-refractivity contribution in [1.82, 2.24) is 4.57 Å². The molecule has 7 heteroatoms. The number of carbonyl (C=O) groups is 2. The Hall–Kier alpha value is -1.73. The Morgan fingerprint density at radius 2 is 1.87 bits per heavy atom. The lowest BCUT2D eigenvalue weighted by Gasteiger charge is -2.11. The van der Waals surface area contributed by atoms with Gasteiger partial charge in [0.2, 0.25) is 0 Å². The fourth-order valence-electron chi connectivity index (χ4n) is 2.12. The fraction of sp³-hybridized carbons (Fsp3) is 0.188. The molecule has 0 N–H and O–H groups in total. The van der Waals surface area contributed by atoms with Crippen LogP contribution in [0.15, 0.2) is 44.1 Å². The summed E-state index contributed by atoms with van der Waals surface area (Å²) in [6.45, 7) is 0.350. The van der Waals surface area contributed by atoms with Crippen LogP contribution >= 0.6 is 31.9 Å². The first-order valence-electron chi connectivity index (χ1n) is 6.69. The number of aryl methyl sites for hydroxylation is 1. The first-order chi connectivity index (χ1) is 11.0.